The molecule has 21 heavy (non-hydrogen) atoms. The predicted octanol–water partition coefficient (Wildman–Crippen LogP) is 1.67. The monoisotopic (exact) mass is 289 g/mol. The van der Waals surface area contributed by atoms with Crippen LogP contribution in [-0.2, 0) is 6.42 Å². The first kappa shape index (κ1) is 13.8. The lowest BCUT2D eigenvalue weighted by atomic mass is 9.96. The number of aromatic nitrogens is 2. The topological polar surface area (TPSA) is 68.4 Å². The summed E-state index contributed by atoms with van der Waals surface area (Å²) in [6.07, 6.45) is 2.68. The lowest BCUT2D eigenvalue weighted by Crippen LogP contribution is -2.31. The molecule has 0 saturated carbocycles. The van der Waals surface area contributed by atoms with Crippen molar-refractivity contribution in [2.45, 2.75) is 12.5 Å². The first-order valence-electron chi connectivity index (χ1n) is 6.84. The number of benzene rings is 1. The van der Waals surface area contributed by atoms with Gasteiger partial charge in [0.2, 0.25) is 5.75 Å². The molecular weight excluding hydrogens is 270 g/mol. The number of methoxy groups -OCH3 is 3. The molecule has 0 spiro atoms. The zero-order chi connectivity index (χ0) is 14.8. The van der Waals surface area contributed by atoms with Gasteiger partial charge in [0.25, 0.3) is 0 Å². The van der Waals surface area contributed by atoms with Crippen LogP contribution in [0, 0.1) is 0 Å². The number of nitrogens with one attached hydrogen (secondary N) is 2. The van der Waals surface area contributed by atoms with Gasteiger partial charge >= 0.3 is 0 Å². The van der Waals surface area contributed by atoms with Gasteiger partial charge in [0.15, 0.2) is 11.5 Å². The van der Waals surface area contributed by atoms with E-state index in [1.165, 1.54) is 0 Å². The van der Waals surface area contributed by atoms with Gasteiger partial charge in [-0.15, -0.1) is 0 Å². The molecule has 112 valence electrons. The highest BCUT2D eigenvalue weighted by molar-refractivity contribution is 5.58. The number of ether oxygens (including phenoxy) is 3. The number of hydrogen-bond acceptors (Lipinski definition) is 5. The first-order chi connectivity index (χ1) is 10.3. The maximum absolute atomic E-state index is 5.57. The van der Waals surface area contributed by atoms with E-state index in [1.54, 1.807) is 27.7 Å². The second-order valence-corrected chi connectivity index (χ2v) is 4.83. The smallest absolute Gasteiger partial charge is 0.203 e. The normalized spacial score (nSPS) is 17.2. The third-order valence-corrected chi connectivity index (χ3v) is 3.79. The molecule has 0 amide bonds. The minimum atomic E-state index is -0.0187. The summed E-state index contributed by atoms with van der Waals surface area (Å²) in [6, 6.07) is 3.86. The molecule has 2 aromatic rings. The van der Waals surface area contributed by atoms with Crippen LogP contribution < -0.4 is 19.5 Å². The molecule has 1 aromatic heterocycles. The largest absolute Gasteiger partial charge is 0.493 e. The minimum absolute atomic E-state index is 0.0187. The Morgan fingerprint density at radius 2 is 1.90 bits per heavy atom. The van der Waals surface area contributed by atoms with Crippen LogP contribution >= 0.6 is 0 Å². The Labute approximate surface area is 123 Å². The molecule has 0 unspecified atom stereocenters. The molecule has 0 saturated heterocycles. The lowest BCUT2D eigenvalue weighted by molar-refractivity contribution is 0.320. The van der Waals surface area contributed by atoms with Crippen LogP contribution in [-0.4, -0.2) is 37.8 Å². The van der Waals surface area contributed by atoms with E-state index in [2.05, 4.69) is 15.3 Å². The fourth-order valence-electron chi connectivity index (χ4n) is 2.83. The first-order valence-corrected chi connectivity index (χ1v) is 6.84. The maximum Gasteiger partial charge on any atom is 0.203 e. The number of imidazole rings is 1. The molecule has 0 fully saturated rings. The number of rotatable bonds is 4. The third kappa shape index (κ3) is 2.21. The van der Waals surface area contributed by atoms with E-state index in [0.29, 0.717) is 17.2 Å². The van der Waals surface area contributed by atoms with Gasteiger partial charge in [-0.05, 0) is 12.1 Å². The van der Waals surface area contributed by atoms with E-state index in [1.807, 2.05) is 12.1 Å². The van der Waals surface area contributed by atoms with Crippen LogP contribution in [0.3, 0.4) is 0 Å². The van der Waals surface area contributed by atoms with Crippen molar-refractivity contribution in [3.8, 4) is 17.2 Å². The molecule has 1 aliphatic rings. The summed E-state index contributed by atoms with van der Waals surface area (Å²) in [6.45, 7) is 0.886. The highest BCUT2D eigenvalue weighted by Gasteiger charge is 2.28. The van der Waals surface area contributed by atoms with Crippen molar-refractivity contribution in [3.05, 3.63) is 35.4 Å². The molecule has 6 nitrogen and oxygen atoms in total. The van der Waals surface area contributed by atoms with Crippen LogP contribution in [0.1, 0.15) is 23.0 Å². The van der Waals surface area contributed by atoms with Gasteiger partial charge < -0.3 is 24.5 Å². The summed E-state index contributed by atoms with van der Waals surface area (Å²) in [5, 5.41) is 3.48. The van der Waals surface area contributed by atoms with Gasteiger partial charge in [-0.25, -0.2) is 4.98 Å². The number of aromatic amines is 1. The summed E-state index contributed by atoms with van der Waals surface area (Å²) >= 11 is 0. The average Bonchev–Trinajstić information content (AvgIpc) is 3.01. The standard InChI is InChI=1S/C15H19N3O3/c1-19-11-5-4-9(14(20-2)15(11)21-3)12-13-10(6-7-16-12)17-8-18-13/h4-5,8,12,16H,6-7H2,1-3H3,(H,17,18)/t12-/m1/s1. The molecule has 1 aromatic carbocycles. The minimum Gasteiger partial charge on any atom is -0.493 e. The van der Waals surface area contributed by atoms with E-state index < -0.39 is 0 Å². The maximum atomic E-state index is 5.57. The molecule has 0 radical (unpaired) electrons. The Morgan fingerprint density at radius 1 is 1.10 bits per heavy atom. The lowest BCUT2D eigenvalue weighted by Gasteiger charge is -2.26. The van der Waals surface area contributed by atoms with Gasteiger partial charge in [0.05, 0.1) is 39.4 Å². The Kier molecular flexibility index (Phi) is 3.70. The molecule has 3 rings (SSSR count). The molecule has 0 bridgehead atoms. The number of fused-ring (bicyclic) bond motifs is 1. The Bertz CT molecular complexity index is 639. The van der Waals surface area contributed by atoms with Crippen molar-refractivity contribution < 1.29 is 14.2 Å². The van der Waals surface area contributed by atoms with Crippen LogP contribution in [0.25, 0.3) is 0 Å². The predicted molar refractivity (Wildman–Crippen MR) is 78.2 cm³/mol. The Balaban J connectivity index is 2.12. The summed E-state index contributed by atoms with van der Waals surface area (Å²) in [4.78, 5) is 7.64. The molecule has 2 heterocycles. The van der Waals surface area contributed by atoms with Gasteiger partial charge in [0.1, 0.15) is 0 Å². The fourth-order valence-corrected chi connectivity index (χ4v) is 2.83. The molecular formula is C15H19N3O3. The van der Waals surface area contributed by atoms with Crippen LogP contribution in [0.15, 0.2) is 18.5 Å². The highest BCUT2D eigenvalue weighted by Crippen LogP contribution is 2.43. The van der Waals surface area contributed by atoms with E-state index >= 15 is 0 Å². The summed E-state index contributed by atoms with van der Waals surface area (Å²) in [5.74, 6) is 1.92. The number of hydrogen-bond donors (Lipinski definition) is 2. The van der Waals surface area contributed by atoms with E-state index in [0.717, 1.165) is 29.9 Å². The van der Waals surface area contributed by atoms with Gasteiger partial charge in [0, 0.05) is 24.2 Å². The summed E-state index contributed by atoms with van der Waals surface area (Å²) < 4.78 is 16.4. The molecule has 6 heteroatoms. The summed E-state index contributed by atoms with van der Waals surface area (Å²) in [7, 11) is 4.86. The van der Waals surface area contributed by atoms with Gasteiger partial charge in [-0.1, -0.05) is 0 Å². The average molecular weight is 289 g/mol. The number of nitrogens with zero attached hydrogens (tertiary/aromatic N) is 1. The second-order valence-electron chi connectivity index (χ2n) is 4.83. The second kappa shape index (κ2) is 5.65. The number of H-pyrrole nitrogens is 1. The van der Waals surface area contributed by atoms with Crippen LogP contribution in [0.2, 0.25) is 0 Å². The Hall–Kier alpha value is -2.21. The van der Waals surface area contributed by atoms with Crippen LogP contribution in [0.4, 0.5) is 0 Å². The van der Waals surface area contributed by atoms with Gasteiger partial charge in [-0.3, -0.25) is 0 Å². The van der Waals surface area contributed by atoms with E-state index in [4.69, 9.17) is 14.2 Å². The summed E-state index contributed by atoms with van der Waals surface area (Å²) in [5.41, 5.74) is 3.16. The van der Waals surface area contributed by atoms with E-state index in [9.17, 15) is 0 Å². The Morgan fingerprint density at radius 3 is 2.62 bits per heavy atom. The van der Waals surface area contributed by atoms with Crippen LogP contribution in [0.5, 0.6) is 17.2 Å². The van der Waals surface area contributed by atoms with Crippen molar-refractivity contribution in [1.82, 2.24) is 15.3 Å². The van der Waals surface area contributed by atoms with Crippen molar-refractivity contribution in [1.29, 1.82) is 0 Å². The zero-order valence-electron chi connectivity index (χ0n) is 12.4. The molecule has 0 aliphatic carbocycles. The molecule has 2 N–H and O–H groups in total. The van der Waals surface area contributed by atoms with Gasteiger partial charge in [-0.2, -0.15) is 0 Å². The quantitative estimate of drug-likeness (QED) is 0.896. The molecule has 1 aliphatic heterocycles. The SMILES string of the molecule is COc1ccc([C@H]2NCCc3[nH]cnc32)c(OC)c1OC. The third-order valence-electron chi connectivity index (χ3n) is 3.79. The van der Waals surface area contributed by atoms with E-state index in [-0.39, 0.29) is 6.04 Å². The van der Waals surface area contributed by atoms with Crippen molar-refractivity contribution in [3.63, 3.8) is 0 Å². The van der Waals surface area contributed by atoms with Crippen molar-refractivity contribution in [2.75, 3.05) is 27.9 Å². The fraction of sp³-hybridized carbons (Fsp3) is 0.400. The molecule has 1 atom stereocenters. The van der Waals surface area contributed by atoms with Crippen molar-refractivity contribution in [2.24, 2.45) is 0 Å². The zero-order valence-corrected chi connectivity index (χ0v) is 12.4. The van der Waals surface area contributed by atoms with Crippen molar-refractivity contribution >= 4 is 0 Å². The highest BCUT2D eigenvalue weighted by atomic mass is 16.5.